The van der Waals surface area contributed by atoms with E-state index in [4.69, 9.17) is 0 Å². The summed E-state index contributed by atoms with van der Waals surface area (Å²) in [4.78, 5) is 10.8. The van der Waals surface area contributed by atoms with Crippen molar-refractivity contribution < 1.29 is 30.4 Å². The highest BCUT2D eigenvalue weighted by atomic mass is 32.2. The lowest BCUT2D eigenvalue weighted by Gasteiger charge is -2.07. The lowest BCUT2D eigenvalue weighted by atomic mass is 10.3. The molecule has 0 radical (unpaired) electrons. The van der Waals surface area contributed by atoms with E-state index in [-0.39, 0.29) is 4.57 Å². The molecule has 0 amide bonds. The van der Waals surface area contributed by atoms with Gasteiger partial charge < -0.3 is 0 Å². The fraction of sp³-hybridized carbons (Fsp3) is 0.333. The highest BCUT2D eigenvalue weighted by Crippen LogP contribution is 2.25. The van der Waals surface area contributed by atoms with Gasteiger partial charge >= 0.3 is 11.9 Å². The lowest BCUT2D eigenvalue weighted by molar-refractivity contribution is -0.147. The molecule has 138 valence electrons. The van der Waals surface area contributed by atoms with E-state index in [1.807, 2.05) is 4.72 Å². The van der Waals surface area contributed by atoms with E-state index < -0.39 is 57.3 Å². The molecule has 1 heterocycles. The van der Waals surface area contributed by atoms with Gasteiger partial charge in [-0.15, -0.1) is 5.10 Å². The number of hydrogen-bond acceptors (Lipinski definition) is 4. The summed E-state index contributed by atoms with van der Waals surface area (Å²) in [6.45, 7) is -1.06. The van der Waals surface area contributed by atoms with E-state index in [1.165, 1.54) is 0 Å². The first kappa shape index (κ1) is 19.1. The van der Waals surface area contributed by atoms with E-state index >= 15 is 0 Å². The number of sulfonamides is 1. The Morgan fingerprint density at radius 2 is 1.88 bits per heavy atom. The maximum atomic E-state index is 13.5. The Hall–Kier alpha value is -2.28. The monoisotopic (exact) mass is 386 g/mol. The van der Waals surface area contributed by atoms with Crippen molar-refractivity contribution >= 4 is 10.0 Å². The van der Waals surface area contributed by atoms with Gasteiger partial charge in [0.2, 0.25) is 15.8 Å². The summed E-state index contributed by atoms with van der Waals surface area (Å²) in [5.74, 6) is -3.75. The second-order valence-electron chi connectivity index (χ2n) is 4.86. The molecule has 25 heavy (non-hydrogen) atoms. The van der Waals surface area contributed by atoms with Crippen LogP contribution < -0.4 is 10.4 Å². The largest absolute Gasteiger partial charge is 0.451 e. The number of rotatable bonds is 5. The van der Waals surface area contributed by atoms with E-state index in [0.717, 1.165) is 13.1 Å². The number of halogens is 5. The van der Waals surface area contributed by atoms with Gasteiger partial charge in [0.25, 0.3) is 0 Å². The van der Waals surface area contributed by atoms with Crippen LogP contribution in [0.5, 0.6) is 0 Å². The molecule has 0 saturated heterocycles. The summed E-state index contributed by atoms with van der Waals surface area (Å²) >= 11 is 0. The zero-order chi connectivity index (χ0) is 19.0. The van der Waals surface area contributed by atoms with Crippen molar-refractivity contribution in [1.82, 2.24) is 19.1 Å². The van der Waals surface area contributed by atoms with Gasteiger partial charge in [0.05, 0.1) is 6.54 Å². The van der Waals surface area contributed by atoms with Crippen LogP contribution in [0.2, 0.25) is 0 Å². The molecule has 1 aromatic carbocycles. The number of hydrogen-bond donors (Lipinski definition) is 1. The summed E-state index contributed by atoms with van der Waals surface area (Å²) in [5.41, 5.74) is -1.10. The molecule has 0 bridgehead atoms. The summed E-state index contributed by atoms with van der Waals surface area (Å²) in [5, 5.41) is 3.09. The van der Waals surface area contributed by atoms with Crippen molar-refractivity contribution in [3.05, 3.63) is 46.1 Å². The van der Waals surface area contributed by atoms with E-state index in [9.17, 15) is 35.2 Å². The van der Waals surface area contributed by atoms with E-state index in [1.54, 1.807) is 0 Å². The van der Waals surface area contributed by atoms with Crippen LogP contribution in [-0.4, -0.2) is 29.3 Å². The van der Waals surface area contributed by atoms with Crippen molar-refractivity contribution in [1.29, 1.82) is 0 Å². The summed E-state index contributed by atoms with van der Waals surface area (Å²) in [6, 6.07) is 1.80. The lowest BCUT2D eigenvalue weighted by Crippen LogP contribution is -2.32. The molecule has 2 rings (SSSR count). The first-order chi connectivity index (χ1) is 11.4. The number of alkyl halides is 3. The molecule has 0 aliphatic rings. The van der Waals surface area contributed by atoms with Crippen LogP contribution >= 0.6 is 0 Å². The Kier molecular flexibility index (Phi) is 4.99. The molecule has 13 heteroatoms. The molecule has 0 aliphatic carbocycles. The molecule has 1 aromatic heterocycles. The number of nitrogens with one attached hydrogen (secondary N) is 1. The van der Waals surface area contributed by atoms with Gasteiger partial charge in [-0.1, -0.05) is 0 Å². The standard InChI is InChI=1S/C12H11F5N4O3S/c1-20-10(12(15,16)17)19-21(11(20)22)5-4-18-25(23,24)9-3-2-7(13)6-8(9)14/h2-3,6,18H,4-5H2,1H3. The third-order valence-corrected chi connectivity index (χ3v) is 4.59. The van der Waals surface area contributed by atoms with Crippen molar-refractivity contribution in [2.75, 3.05) is 6.54 Å². The predicted octanol–water partition coefficient (Wildman–Crippen LogP) is 0.857. The van der Waals surface area contributed by atoms with Crippen LogP contribution in [0.25, 0.3) is 0 Å². The molecular weight excluding hydrogens is 375 g/mol. The normalized spacial score (nSPS) is 12.6. The Bertz CT molecular complexity index is 949. The van der Waals surface area contributed by atoms with Crippen LogP contribution in [0.15, 0.2) is 27.9 Å². The van der Waals surface area contributed by atoms with Crippen molar-refractivity contribution in [2.24, 2.45) is 7.05 Å². The molecule has 0 spiro atoms. The van der Waals surface area contributed by atoms with E-state index in [0.29, 0.717) is 16.8 Å². The van der Waals surface area contributed by atoms with E-state index in [2.05, 4.69) is 5.10 Å². The molecular formula is C12H11F5N4O3S. The molecule has 2 aromatic rings. The fourth-order valence-corrected chi connectivity index (χ4v) is 3.02. The molecule has 0 unspecified atom stereocenters. The second-order valence-corrected chi connectivity index (χ2v) is 6.59. The van der Waals surface area contributed by atoms with Gasteiger partial charge in [-0.25, -0.2) is 31.4 Å². The van der Waals surface area contributed by atoms with Crippen LogP contribution in [0.1, 0.15) is 5.82 Å². The topological polar surface area (TPSA) is 86.0 Å². The first-order valence-electron chi connectivity index (χ1n) is 6.59. The zero-order valence-electron chi connectivity index (χ0n) is 12.5. The molecule has 0 atom stereocenters. The number of nitrogens with zero attached hydrogens (tertiary/aromatic N) is 3. The SMILES string of the molecule is Cn1c(C(F)(F)F)nn(CCNS(=O)(=O)c2ccc(F)cc2F)c1=O. The average Bonchev–Trinajstić information content (AvgIpc) is 2.75. The van der Waals surface area contributed by atoms with Gasteiger partial charge in [-0.3, -0.25) is 4.57 Å². The highest BCUT2D eigenvalue weighted by molar-refractivity contribution is 7.89. The maximum absolute atomic E-state index is 13.5. The third-order valence-electron chi connectivity index (χ3n) is 3.09. The molecule has 0 saturated carbocycles. The molecule has 0 fully saturated rings. The van der Waals surface area contributed by atoms with Crippen LogP contribution in [-0.2, 0) is 29.8 Å². The molecule has 1 N–H and O–H groups in total. The minimum Gasteiger partial charge on any atom is -0.274 e. The third kappa shape index (κ3) is 4.04. The quantitative estimate of drug-likeness (QED) is 0.773. The molecule has 7 nitrogen and oxygen atoms in total. The van der Waals surface area contributed by atoms with Crippen LogP contribution in [0.3, 0.4) is 0 Å². The van der Waals surface area contributed by atoms with Gasteiger partial charge in [-0.2, -0.15) is 13.2 Å². The fourth-order valence-electron chi connectivity index (χ4n) is 1.94. The molecule has 0 aliphatic heterocycles. The summed E-state index contributed by atoms with van der Waals surface area (Å²) in [7, 11) is -3.52. The second kappa shape index (κ2) is 6.55. The Morgan fingerprint density at radius 3 is 2.40 bits per heavy atom. The number of benzene rings is 1. The smallest absolute Gasteiger partial charge is 0.274 e. The maximum Gasteiger partial charge on any atom is 0.451 e. The zero-order valence-corrected chi connectivity index (χ0v) is 13.3. The minimum atomic E-state index is -4.85. The van der Waals surface area contributed by atoms with Crippen molar-refractivity contribution in [2.45, 2.75) is 17.6 Å². The number of aromatic nitrogens is 3. The van der Waals surface area contributed by atoms with Gasteiger partial charge in [-0.05, 0) is 12.1 Å². The Balaban J connectivity index is 2.14. The highest BCUT2D eigenvalue weighted by Gasteiger charge is 2.38. The van der Waals surface area contributed by atoms with Crippen molar-refractivity contribution in [3.8, 4) is 0 Å². The van der Waals surface area contributed by atoms with Gasteiger partial charge in [0.1, 0.15) is 16.5 Å². The van der Waals surface area contributed by atoms with Crippen LogP contribution in [0.4, 0.5) is 22.0 Å². The average molecular weight is 386 g/mol. The first-order valence-corrected chi connectivity index (χ1v) is 8.07. The summed E-state index contributed by atoms with van der Waals surface area (Å²) < 4.78 is 90.6. The van der Waals surface area contributed by atoms with Crippen LogP contribution in [0, 0.1) is 11.6 Å². The Morgan fingerprint density at radius 1 is 1.24 bits per heavy atom. The van der Waals surface area contributed by atoms with Crippen molar-refractivity contribution in [3.63, 3.8) is 0 Å². The predicted molar refractivity (Wildman–Crippen MR) is 74.0 cm³/mol. The van der Waals surface area contributed by atoms with Gasteiger partial charge in [0.15, 0.2) is 0 Å². The Labute approximate surface area is 137 Å². The minimum absolute atomic E-state index is 0.272. The van der Waals surface area contributed by atoms with Gasteiger partial charge in [0, 0.05) is 19.7 Å². The summed E-state index contributed by atoms with van der Waals surface area (Å²) in [6.07, 6.45) is -4.85.